The number of nitrogens with zero attached hydrogens (tertiary/aromatic N) is 4. The summed E-state index contributed by atoms with van der Waals surface area (Å²) in [7, 11) is 0. The number of hydrogen-bond donors (Lipinski definition) is 2. The smallest absolute Gasteiger partial charge is 0.170 e. The van der Waals surface area contributed by atoms with Crippen molar-refractivity contribution in [2.45, 2.75) is 40.3 Å². The third-order valence-electron chi connectivity index (χ3n) is 4.60. The van der Waals surface area contributed by atoms with Crippen molar-refractivity contribution in [1.29, 1.82) is 0 Å². The van der Waals surface area contributed by atoms with E-state index in [1.54, 1.807) is 12.1 Å². The standard InChI is InChI=1S/C20H24ClFN6S/c1-13-18(21)12-27(25-13)10-4-9-23-20(29)24-19-14(2)26-28(15(19)3)11-16-5-7-17(22)8-6-16/h5-8,12H,4,9-11H2,1-3H3,(H2,23,24,29). The van der Waals surface area contributed by atoms with Crippen LogP contribution in [0.25, 0.3) is 0 Å². The van der Waals surface area contributed by atoms with Crippen LogP contribution in [0.5, 0.6) is 0 Å². The van der Waals surface area contributed by atoms with E-state index in [1.165, 1.54) is 12.1 Å². The second-order valence-electron chi connectivity index (χ2n) is 6.89. The van der Waals surface area contributed by atoms with Crippen LogP contribution in [0.2, 0.25) is 5.02 Å². The van der Waals surface area contributed by atoms with Crippen molar-refractivity contribution >= 4 is 34.6 Å². The molecular weight excluding hydrogens is 411 g/mol. The zero-order valence-corrected chi connectivity index (χ0v) is 18.2. The molecule has 3 rings (SSSR count). The number of aromatic nitrogens is 4. The molecule has 6 nitrogen and oxygen atoms in total. The van der Waals surface area contributed by atoms with E-state index in [4.69, 9.17) is 23.8 Å². The average Bonchev–Trinajstić information content (AvgIpc) is 3.13. The predicted molar refractivity (Wildman–Crippen MR) is 118 cm³/mol. The first kappa shape index (κ1) is 21.3. The molecule has 0 bridgehead atoms. The first-order valence-electron chi connectivity index (χ1n) is 9.36. The summed E-state index contributed by atoms with van der Waals surface area (Å²) in [6.07, 6.45) is 2.69. The average molecular weight is 435 g/mol. The third-order valence-corrected chi connectivity index (χ3v) is 5.22. The number of nitrogens with one attached hydrogen (secondary N) is 2. The molecule has 0 aliphatic carbocycles. The van der Waals surface area contributed by atoms with Gasteiger partial charge in [0.2, 0.25) is 0 Å². The number of hydrogen-bond acceptors (Lipinski definition) is 3. The van der Waals surface area contributed by atoms with Crippen LogP contribution in [0.15, 0.2) is 30.5 Å². The van der Waals surface area contributed by atoms with Gasteiger partial charge >= 0.3 is 0 Å². The van der Waals surface area contributed by atoms with Gasteiger partial charge in [0.05, 0.1) is 34.3 Å². The molecule has 0 fully saturated rings. The summed E-state index contributed by atoms with van der Waals surface area (Å²) in [6.45, 7) is 7.85. The summed E-state index contributed by atoms with van der Waals surface area (Å²) >= 11 is 11.4. The van der Waals surface area contributed by atoms with Crippen molar-refractivity contribution < 1.29 is 4.39 Å². The molecule has 2 heterocycles. The first-order chi connectivity index (χ1) is 13.8. The fourth-order valence-corrected chi connectivity index (χ4v) is 3.36. The van der Waals surface area contributed by atoms with Crippen molar-refractivity contribution in [1.82, 2.24) is 24.9 Å². The largest absolute Gasteiger partial charge is 0.362 e. The van der Waals surface area contributed by atoms with E-state index in [0.717, 1.165) is 41.3 Å². The Bertz CT molecular complexity index is 976. The van der Waals surface area contributed by atoms with Gasteiger partial charge < -0.3 is 10.6 Å². The molecule has 0 aliphatic rings. The Morgan fingerprint density at radius 3 is 2.52 bits per heavy atom. The van der Waals surface area contributed by atoms with Crippen molar-refractivity contribution in [3.8, 4) is 0 Å². The van der Waals surface area contributed by atoms with Crippen LogP contribution < -0.4 is 10.6 Å². The molecule has 0 unspecified atom stereocenters. The van der Waals surface area contributed by atoms with Gasteiger partial charge in [-0.25, -0.2) is 4.39 Å². The lowest BCUT2D eigenvalue weighted by Gasteiger charge is -2.11. The van der Waals surface area contributed by atoms with Crippen LogP contribution in [0.3, 0.4) is 0 Å². The number of rotatable bonds is 7. The van der Waals surface area contributed by atoms with E-state index in [1.807, 2.05) is 36.3 Å². The topological polar surface area (TPSA) is 59.7 Å². The minimum Gasteiger partial charge on any atom is -0.362 e. The van der Waals surface area contributed by atoms with Crippen molar-refractivity contribution in [2.24, 2.45) is 0 Å². The SMILES string of the molecule is Cc1nn(CCCNC(=S)Nc2c(C)nn(Cc3ccc(F)cc3)c2C)cc1Cl. The Balaban J connectivity index is 1.52. The Morgan fingerprint density at radius 2 is 1.86 bits per heavy atom. The molecule has 0 amide bonds. The lowest BCUT2D eigenvalue weighted by Crippen LogP contribution is -2.30. The summed E-state index contributed by atoms with van der Waals surface area (Å²) in [4.78, 5) is 0. The van der Waals surface area contributed by atoms with Crippen LogP contribution in [0, 0.1) is 26.6 Å². The quantitative estimate of drug-likeness (QED) is 0.430. The summed E-state index contributed by atoms with van der Waals surface area (Å²) in [6, 6.07) is 6.44. The molecule has 0 saturated carbocycles. The lowest BCUT2D eigenvalue weighted by atomic mass is 10.2. The summed E-state index contributed by atoms with van der Waals surface area (Å²) in [5.74, 6) is -0.244. The van der Waals surface area contributed by atoms with E-state index in [-0.39, 0.29) is 5.82 Å². The van der Waals surface area contributed by atoms with Gasteiger partial charge in [-0.3, -0.25) is 9.36 Å². The Hall–Kier alpha value is -2.45. The highest BCUT2D eigenvalue weighted by Gasteiger charge is 2.13. The maximum atomic E-state index is 13.1. The molecule has 0 saturated heterocycles. The predicted octanol–water partition coefficient (Wildman–Crippen LogP) is 4.22. The van der Waals surface area contributed by atoms with E-state index in [9.17, 15) is 4.39 Å². The second-order valence-corrected chi connectivity index (χ2v) is 7.71. The van der Waals surface area contributed by atoms with Gasteiger partial charge in [-0.05, 0) is 57.1 Å². The van der Waals surface area contributed by atoms with Gasteiger partial charge in [0.1, 0.15) is 5.82 Å². The van der Waals surface area contributed by atoms with Gasteiger partial charge in [-0.15, -0.1) is 0 Å². The molecule has 2 N–H and O–H groups in total. The highest BCUT2D eigenvalue weighted by Crippen LogP contribution is 2.20. The normalized spacial score (nSPS) is 10.9. The van der Waals surface area contributed by atoms with Crippen LogP contribution in [-0.4, -0.2) is 31.2 Å². The summed E-state index contributed by atoms with van der Waals surface area (Å²) in [5, 5.41) is 16.6. The van der Waals surface area contributed by atoms with E-state index < -0.39 is 0 Å². The molecule has 29 heavy (non-hydrogen) atoms. The van der Waals surface area contributed by atoms with Crippen molar-refractivity contribution in [3.05, 3.63) is 63.9 Å². The molecular formula is C20H24ClFN6S. The van der Waals surface area contributed by atoms with E-state index in [2.05, 4.69) is 20.8 Å². The van der Waals surface area contributed by atoms with Gasteiger partial charge in [0.25, 0.3) is 0 Å². The molecule has 1 aromatic carbocycles. The monoisotopic (exact) mass is 434 g/mol. The zero-order valence-electron chi connectivity index (χ0n) is 16.7. The number of anilines is 1. The van der Waals surface area contributed by atoms with Crippen molar-refractivity contribution in [3.63, 3.8) is 0 Å². The fraction of sp³-hybridized carbons (Fsp3) is 0.350. The van der Waals surface area contributed by atoms with Crippen molar-refractivity contribution in [2.75, 3.05) is 11.9 Å². The highest BCUT2D eigenvalue weighted by atomic mass is 35.5. The molecule has 0 radical (unpaired) electrons. The minimum absolute atomic E-state index is 0.244. The summed E-state index contributed by atoms with van der Waals surface area (Å²) < 4.78 is 16.8. The number of aryl methyl sites for hydroxylation is 3. The second kappa shape index (κ2) is 9.37. The molecule has 2 aromatic heterocycles. The van der Waals surface area contributed by atoms with E-state index >= 15 is 0 Å². The Morgan fingerprint density at radius 1 is 1.14 bits per heavy atom. The third kappa shape index (κ3) is 5.55. The fourth-order valence-electron chi connectivity index (χ4n) is 3.00. The molecule has 154 valence electrons. The van der Waals surface area contributed by atoms with Crippen LogP contribution in [-0.2, 0) is 13.1 Å². The zero-order chi connectivity index (χ0) is 21.0. The van der Waals surface area contributed by atoms with Crippen LogP contribution >= 0.6 is 23.8 Å². The Kier molecular flexibility index (Phi) is 6.87. The number of thiocarbonyl (C=S) groups is 1. The number of benzene rings is 1. The van der Waals surface area contributed by atoms with Gasteiger partial charge in [-0.1, -0.05) is 23.7 Å². The molecule has 9 heteroatoms. The molecule has 0 atom stereocenters. The van der Waals surface area contributed by atoms with E-state index in [0.29, 0.717) is 23.2 Å². The lowest BCUT2D eigenvalue weighted by molar-refractivity contribution is 0.570. The summed E-state index contributed by atoms with van der Waals surface area (Å²) in [5.41, 5.74) is 4.53. The van der Waals surface area contributed by atoms with Gasteiger partial charge in [0, 0.05) is 19.3 Å². The maximum Gasteiger partial charge on any atom is 0.170 e. The number of halogens is 2. The molecule has 3 aromatic rings. The maximum absolute atomic E-state index is 13.1. The minimum atomic E-state index is -0.244. The van der Waals surface area contributed by atoms with Gasteiger partial charge in [-0.2, -0.15) is 10.2 Å². The van der Waals surface area contributed by atoms with Crippen LogP contribution in [0.1, 0.15) is 29.1 Å². The first-order valence-corrected chi connectivity index (χ1v) is 10.1. The van der Waals surface area contributed by atoms with Crippen LogP contribution in [0.4, 0.5) is 10.1 Å². The molecule has 0 spiro atoms. The highest BCUT2D eigenvalue weighted by molar-refractivity contribution is 7.80. The van der Waals surface area contributed by atoms with Gasteiger partial charge in [0.15, 0.2) is 5.11 Å². The molecule has 0 aliphatic heterocycles. The Labute approximate surface area is 180 Å².